The van der Waals surface area contributed by atoms with Gasteiger partial charge in [-0.3, -0.25) is 0 Å². The van der Waals surface area contributed by atoms with Crippen LogP contribution in [-0.2, 0) is 4.74 Å². The first-order chi connectivity index (χ1) is 12.9. The molecule has 2 saturated carbocycles. The van der Waals surface area contributed by atoms with Gasteiger partial charge in [0, 0.05) is 5.92 Å². The third kappa shape index (κ3) is 3.72. The predicted octanol–water partition coefficient (Wildman–Crippen LogP) is 3.71. The highest BCUT2D eigenvalue weighted by atomic mass is 35.5. The Morgan fingerprint density at radius 2 is 1.75 bits per heavy atom. The molecule has 3 aliphatic rings. The smallest absolute Gasteiger partial charge is 0.111 e. The minimum atomic E-state index is -0.754. The van der Waals surface area contributed by atoms with Crippen LogP contribution in [0.4, 0.5) is 0 Å². The lowest BCUT2D eigenvalue weighted by Crippen LogP contribution is -2.93. The van der Waals surface area contributed by atoms with Gasteiger partial charge in [-0.15, -0.1) is 11.6 Å². The van der Waals surface area contributed by atoms with E-state index >= 15 is 0 Å². The normalized spacial score (nSPS) is 51.1. The molecule has 8 atom stereocenters. The average Bonchev–Trinajstić information content (AvgIpc) is 2.57. The summed E-state index contributed by atoms with van der Waals surface area (Å²) < 4.78 is 6.74. The number of aliphatic hydroxyl groups is 1. The average molecular weight is 429 g/mol. The van der Waals surface area contributed by atoms with Crippen molar-refractivity contribution in [2.45, 2.75) is 107 Å². The zero-order chi connectivity index (χ0) is 21.0. The molecule has 0 aromatic heterocycles. The van der Waals surface area contributed by atoms with Crippen LogP contribution >= 0.6 is 23.8 Å². The second kappa shape index (κ2) is 7.59. The fourth-order valence-corrected chi connectivity index (χ4v) is 7.02. The maximum Gasteiger partial charge on any atom is 0.111 e. The van der Waals surface area contributed by atoms with E-state index in [2.05, 4.69) is 44.9 Å². The number of nitrogens with two attached hydrogens (primary N) is 1. The highest BCUT2D eigenvalue weighted by Gasteiger charge is 2.62. The Morgan fingerprint density at radius 3 is 2.32 bits per heavy atom. The molecule has 0 amide bonds. The Labute approximate surface area is 180 Å². The van der Waals surface area contributed by atoms with Crippen molar-refractivity contribution >= 4 is 29.0 Å². The molecule has 4 nitrogen and oxygen atoms in total. The maximum atomic E-state index is 11.2. The summed E-state index contributed by atoms with van der Waals surface area (Å²) in [7, 11) is 4.12. The summed E-state index contributed by atoms with van der Waals surface area (Å²) in [6.45, 7) is 10.6. The van der Waals surface area contributed by atoms with Crippen molar-refractivity contribution in [1.82, 2.24) is 0 Å². The van der Waals surface area contributed by atoms with Gasteiger partial charge in [-0.1, -0.05) is 0 Å². The monoisotopic (exact) mass is 428 g/mol. The van der Waals surface area contributed by atoms with Crippen LogP contribution in [0.5, 0.6) is 0 Å². The molecule has 2 aliphatic carbocycles. The molecule has 0 radical (unpaired) electrons. The van der Waals surface area contributed by atoms with E-state index in [9.17, 15) is 5.11 Å². The summed E-state index contributed by atoms with van der Waals surface area (Å²) in [5.74, 6) is 0.908. The molecule has 3 N–H and O–H groups in total. The highest BCUT2D eigenvalue weighted by molar-refractivity contribution is 7.78. The number of hydrogen-bond acceptors (Lipinski definition) is 4. The van der Waals surface area contributed by atoms with Gasteiger partial charge >= 0.3 is 0 Å². The highest BCUT2D eigenvalue weighted by Crippen LogP contribution is 2.57. The second-order valence-electron chi connectivity index (χ2n) is 10.6. The number of quaternary nitrogens is 1. The van der Waals surface area contributed by atoms with Crippen molar-refractivity contribution in [1.29, 1.82) is 0 Å². The molecule has 28 heavy (non-hydrogen) atoms. The molecule has 0 aromatic carbocycles. The van der Waals surface area contributed by atoms with Crippen molar-refractivity contribution in [3.8, 4) is 0 Å². The summed E-state index contributed by atoms with van der Waals surface area (Å²) in [5.41, 5.74) is -1.61. The predicted molar refractivity (Wildman–Crippen MR) is 117 cm³/mol. The molecule has 0 unspecified atom stereocenters. The number of nitrogens with zero attached hydrogens (tertiary/aromatic N) is 1. The van der Waals surface area contributed by atoms with Crippen LogP contribution < -0.4 is 5.32 Å². The van der Waals surface area contributed by atoms with Crippen LogP contribution in [0.1, 0.15) is 73.1 Å². The molecule has 1 aliphatic heterocycles. The summed E-state index contributed by atoms with van der Waals surface area (Å²) in [5, 5.41) is 15.9. The van der Waals surface area contributed by atoms with Crippen LogP contribution in [0.3, 0.4) is 0 Å². The molecule has 3 fully saturated rings. The lowest BCUT2D eigenvalue weighted by molar-refractivity contribution is -0.666. The number of halogens is 1. The summed E-state index contributed by atoms with van der Waals surface area (Å²) in [4.78, 5) is 4.65. The van der Waals surface area contributed by atoms with Gasteiger partial charge in [0.2, 0.25) is 0 Å². The zero-order valence-corrected chi connectivity index (χ0v) is 19.6. The number of ether oxygens (including phenoxy) is 1. The number of aliphatic imine (C=N–C) groups is 1. The maximum absolute atomic E-state index is 11.2. The minimum Gasteiger partial charge on any atom is -0.474 e. The van der Waals surface area contributed by atoms with Gasteiger partial charge in [0.25, 0.3) is 0 Å². The van der Waals surface area contributed by atoms with Gasteiger partial charge in [0.05, 0.1) is 33.3 Å². The first-order valence-electron chi connectivity index (χ1n) is 10.7. The lowest BCUT2D eigenvalue weighted by Gasteiger charge is -2.60. The number of rotatable bonds is 3. The second-order valence-corrected chi connectivity index (χ2v) is 11.3. The Balaban J connectivity index is 2.03. The van der Waals surface area contributed by atoms with Gasteiger partial charge in [0.15, 0.2) is 0 Å². The molecule has 0 bridgehead atoms. The summed E-state index contributed by atoms with van der Waals surface area (Å²) in [6, 6.07) is 0.00783. The third-order valence-corrected chi connectivity index (χ3v) is 9.10. The van der Waals surface area contributed by atoms with E-state index in [0.717, 1.165) is 38.5 Å². The fourth-order valence-electron chi connectivity index (χ4n) is 6.66. The largest absolute Gasteiger partial charge is 0.474 e. The van der Waals surface area contributed by atoms with E-state index in [0.29, 0.717) is 11.8 Å². The molecule has 1 saturated heterocycles. The van der Waals surface area contributed by atoms with E-state index in [1.165, 1.54) is 0 Å². The van der Waals surface area contributed by atoms with Gasteiger partial charge in [-0.05, 0) is 97.2 Å². The minimum absolute atomic E-state index is 0.00783. The van der Waals surface area contributed by atoms with E-state index < -0.39 is 5.60 Å². The summed E-state index contributed by atoms with van der Waals surface area (Å²) in [6.07, 6.45) is 5.55. The Morgan fingerprint density at radius 1 is 1.11 bits per heavy atom. The zero-order valence-electron chi connectivity index (χ0n) is 18.0. The first kappa shape index (κ1) is 22.7. The van der Waals surface area contributed by atoms with Crippen LogP contribution in [-0.4, -0.2) is 44.0 Å². The van der Waals surface area contributed by atoms with Crippen LogP contribution in [0, 0.1) is 24.8 Å². The van der Waals surface area contributed by atoms with E-state index in [4.69, 9.17) is 28.6 Å². The van der Waals surface area contributed by atoms with Crippen LogP contribution in [0.15, 0.2) is 4.99 Å². The van der Waals surface area contributed by atoms with Crippen molar-refractivity contribution in [3.05, 3.63) is 7.05 Å². The molecule has 1 heterocycles. The lowest BCUT2D eigenvalue weighted by atomic mass is 9.51. The quantitative estimate of drug-likeness (QED) is 0.312. The fraction of sp³-hybridized carbons (Fsp3) is 0.909. The first-order valence-corrected chi connectivity index (χ1v) is 11.5. The van der Waals surface area contributed by atoms with Crippen molar-refractivity contribution < 1.29 is 15.2 Å². The number of thiocarbonyl (C=S) groups is 1. The van der Waals surface area contributed by atoms with E-state index in [1.807, 2.05) is 12.2 Å². The number of hydrogen-bond donors (Lipinski definition) is 2. The number of isothiocyanates is 1. The summed E-state index contributed by atoms with van der Waals surface area (Å²) >= 11 is 11.6. The van der Waals surface area contributed by atoms with E-state index in [-0.39, 0.29) is 34.1 Å². The van der Waals surface area contributed by atoms with Gasteiger partial charge in [0.1, 0.15) is 5.60 Å². The molecule has 3 rings (SSSR count). The topological polar surface area (TPSA) is 58.4 Å². The molecular weight excluding hydrogens is 392 g/mol. The van der Waals surface area contributed by atoms with Gasteiger partial charge in [-0.25, -0.2) is 4.99 Å². The SMILES string of the molecule is [CH2-][NH2+][C@@H]1[C@@H]2[C@@H]([C@@]3(C)CC[C@H](Cl)C(C)(C)O3)CC[C@](C)(N=C=S)[C@H]2CC[C@@]1(C)O. The standard InChI is InChI=1S/C22H37ClN2O2S/c1-19(2)16(23)9-12-22(5,27-19)15-7-10-20(3,25-13-28)14-8-11-21(4,26)18(24-6)17(14)15/h14-18,26H,6-12,24H2,1-5H3/t14-,15-,16-,17-,18+,20-,21+,22+/m0/s1. The van der Waals surface area contributed by atoms with Gasteiger partial charge < -0.3 is 15.2 Å². The number of alkyl halides is 1. The van der Waals surface area contributed by atoms with Crippen LogP contribution in [0.2, 0.25) is 0 Å². The molecule has 0 aromatic rings. The van der Waals surface area contributed by atoms with Gasteiger partial charge in [-0.2, -0.15) is 7.05 Å². The third-order valence-electron chi connectivity index (χ3n) is 8.27. The molecule has 6 heteroatoms. The molecule has 160 valence electrons. The van der Waals surface area contributed by atoms with Crippen molar-refractivity contribution in [3.63, 3.8) is 0 Å². The molecule has 0 spiro atoms. The number of fused-ring (bicyclic) bond motifs is 1. The molecular formula is C22H37ClN2O2S. The van der Waals surface area contributed by atoms with Crippen molar-refractivity contribution in [2.75, 3.05) is 0 Å². The Bertz CT molecular complexity index is 650. The Hall–Kier alpha value is -0.0300. The Kier molecular flexibility index (Phi) is 6.14. The van der Waals surface area contributed by atoms with Crippen molar-refractivity contribution in [2.24, 2.45) is 22.7 Å². The van der Waals surface area contributed by atoms with Crippen LogP contribution in [0.25, 0.3) is 0 Å². The van der Waals surface area contributed by atoms with E-state index in [1.54, 1.807) is 0 Å².